The molecular formula is C13H16O3. The molecule has 1 fully saturated rings. The Morgan fingerprint density at radius 1 is 1.31 bits per heavy atom. The average molecular weight is 220 g/mol. The zero-order chi connectivity index (χ0) is 11.0. The molecule has 2 aliphatic rings. The Balaban J connectivity index is 1.83. The van der Waals surface area contributed by atoms with Crippen molar-refractivity contribution in [1.82, 2.24) is 0 Å². The van der Waals surface area contributed by atoms with E-state index in [1.165, 1.54) is 5.56 Å². The van der Waals surface area contributed by atoms with Gasteiger partial charge in [0.25, 0.3) is 0 Å². The number of benzene rings is 1. The molecule has 3 nitrogen and oxygen atoms in total. The van der Waals surface area contributed by atoms with Gasteiger partial charge in [0.15, 0.2) is 0 Å². The highest BCUT2D eigenvalue weighted by Gasteiger charge is 2.26. The van der Waals surface area contributed by atoms with Gasteiger partial charge in [0, 0.05) is 13.0 Å². The van der Waals surface area contributed by atoms with Crippen LogP contribution in [0.3, 0.4) is 0 Å². The number of aliphatic hydroxyl groups excluding tert-OH is 1. The fourth-order valence-corrected chi connectivity index (χ4v) is 2.46. The summed E-state index contributed by atoms with van der Waals surface area (Å²) in [5.41, 5.74) is 2.16. The van der Waals surface area contributed by atoms with Crippen LogP contribution in [0.2, 0.25) is 0 Å². The molecule has 1 aromatic carbocycles. The van der Waals surface area contributed by atoms with E-state index in [2.05, 4.69) is 6.07 Å². The van der Waals surface area contributed by atoms with Crippen LogP contribution in [-0.4, -0.2) is 24.4 Å². The van der Waals surface area contributed by atoms with Gasteiger partial charge in [-0.1, -0.05) is 6.07 Å². The van der Waals surface area contributed by atoms with Crippen molar-refractivity contribution < 1.29 is 14.6 Å². The lowest BCUT2D eigenvalue weighted by Crippen LogP contribution is -2.17. The van der Waals surface area contributed by atoms with Gasteiger partial charge in [-0.2, -0.15) is 0 Å². The van der Waals surface area contributed by atoms with E-state index in [0.29, 0.717) is 0 Å². The molecule has 2 heterocycles. The lowest BCUT2D eigenvalue weighted by atomic mass is 9.99. The molecule has 2 atom stereocenters. The van der Waals surface area contributed by atoms with Gasteiger partial charge in [-0.05, 0) is 36.1 Å². The minimum Gasteiger partial charge on any atom is -0.493 e. The second-order valence-electron chi connectivity index (χ2n) is 4.46. The van der Waals surface area contributed by atoms with Crippen molar-refractivity contribution >= 4 is 0 Å². The van der Waals surface area contributed by atoms with Crippen molar-refractivity contribution in [2.75, 3.05) is 13.2 Å². The first-order valence-corrected chi connectivity index (χ1v) is 5.90. The van der Waals surface area contributed by atoms with Crippen LogP contribution in [0.4, 0.5) is 0 Å². The topological polar surface area (TPSA) is 38.7 Å². The molecule has 3 rings (SSSR count). The standard InChI is InChI=1S/C13H16O3/c14-13(12-2-1-6-15-12)10-3-4-11-9(8-10)5-7-16-11/h3-4,8,12-14H,1-2,5-7H2. The maximum atomic E-state index is 10.2. The zero-order valence-corrected chi connectivity index (χ0v) is 9.19. The van der Waals surface area contributed by atoms with E-state index in [9.17, 15) is 5.11 Å². The van der Waals surface area contributed by atoms with Gasteiger partial charge in [-0.3, -0.25) is 0 Å². The summed E-state index contributed by atoms with van der Waals surface area (Å²) in [6.45, 7) is 1.53. The minimum absolute atomic E-state index is 0.0274. The highest BCUT2D eigenvalue weighted by molar-refractivity contribution is 5.40. The van der Waals surface area contributed by atoms with Crippen LogP contribution in [0.25, 0.3) is 0 Å². The van der Waals surface area contributed by atoms with Gasteiger partial charge >= 0.3 is 0 Å². The van der Waals surface area contributed by atoms with Crippen LogP contribution in [0.1, 0.15) is 30.1 Å². The molecule has 0 aliphatic carbocycles. The molecule has 86 valence electrons. The Hall–Kier alpha value is -1.06. The molecule has 3 heteroatoms. The fraction of sp³-hybridized carbons (Fsp3) is 0.538. The lowest BCUT2D eigenvalue weighted by Gasteiger charge is -2.18. The van der Waals surface area contributed by atoms with Crippen LogP contribution in [0.15, 0.2) is 18.2 Å². The average Bonchev–Trinajstić information content (AvgIpc) is 2.98. The summed E-state index contributed by atoms with van der Waals surface area (Å²) < 4.78 is 11.0. The van der Waals surface area contributed by atoms with E-state index >= 15 is 0 Å². The quantitative estimate of drug-likeness (QED) is 0.826. The van der Waals surface area contributed by atoms with E-state index in [0.717, 1.165) is 43.8 Å². The molecule has 0 amide bonds. The summed E-state index contributed by atoms with van der Waals surface area (Å²) in [5.74, 6) is 0.961. The Labute approximate surface area is 95.0 Å². The first-order chi connectivity index (χ1) is 7.84. The molecule has 1 aromatic rings. The monoisotopic (exact) mass is 220 g/mol. The zero-order valence-electron chi connectivity index (χ0n) is 9.19. The number of aliphatic hydroxyl groups is 1. The fourth-order valence-electron chi connectivity index (χ4n) is 2.46. The van der Waals surface area contributed by atoms with E-state index in [4.69, 9.17) is 9.47 Å². The van der Waals surface area contributed by atoms with Gasteiger partial charge < -0.3 is 14.6 Å². The van der Waals surface area contributed by atoms with E-state index < -0.39 is 6.10 Å². The Morgan fingerprint density at radius 3 is 3.06 bits per heavy atom. The largest absolute Gasteiger partial charge is 0.493 e. The highest BCUT2D eigenvalue weighted by atomic mass is 16.5. The van der Waals surface area contributed by atoms with Gasteiger partial charge in [0.2, 0.25) is 0 Å². The maximum absolute atomic E-state index is 10.2. The lowest BCUT2D eigenvalue weighted by molar-refractivity contribution is -0.00261. The predicted octanol–water partition coefficient (Wildman–Crippen LogP) is 1.83. The Kier molecular flexibility index (Phi) is 2.58. The van der Waals surface area contributed by atoms with Crippen molar-refractivity contribution in [3.05, 3.63) is 29.3 Å². The van der Waals surface area contributed by atoms with Crippen molar-refractivity contribution in [2.45, 2.75) is 31.5 Å². The van der Waals surface area contributed by atoms with Crippen LogP contribution in [-0.2, 0) is 11.2 Å². The Morgan fingerprint density at radius 2 is 2.25 bits per heavy atom. The molecule has 0 spiro atoms. The van der Waals surface area contributed by atoms with Crippen molar-refractivity contribution in [1.29, 1.82) is 0 Å². The summed E-state index contributed by atoms with van der Waals surface area (Å²) in [6, 6.07) is 5.95. The SMILES string of the molecule is OC(c1ccc2c(c1)CCO2)C1CCCO1. The van der Waals surface area contributed by atoms with Gasteiger partial charge in [-0.25, -0.2) is 0 Å². The Bertz CT molecular complexity index is 383. The normalized spacial score (nSPS) is 25.2. The maximum Gasteiger partial charge on any atom is 0.122 e. The molecule has 1 saturated heterocycles. The molecular weight excluding hydrogens is 204 g/mol. The van der Waals surface area contributed by atoms with E-state index in [1.807, 2.05) is 12.1 Å². The van der Waals surface area contributed by atoms with Crippen LogP contribution < -0.4 is 4.74 Å². The third-order valence-electron chi connectivity index (χ3n) is 3.37. The molecule has 2 unspecified atom stereocenters. The third kappa shape index (κ3) is 1.70. The summed E-state index contributed by atoms with van der Waals surface area (Å²) in [7, 11) is 0. The number of hydrogen-bond acceptors (Lipinski definition) is 3. The number of fused-ring (bicyclic) bond motifs is 1. The summed E-state index contributed by atoms with van der Waals surface area (Å²) in [6.07, 6.45) is 2.43. The number of rotatable bonds is 2. The number of ether oxygens (including phenoxy) is 2. The van der Waals surface area contributed by atoms with Crippen molar-refractivity contribution in [3.8, 4) is 5.75 Å². The molecule has 0 aromatic heterocycles. The van der Waals surface area contributed by atoms with E-state index in [-0.39, 0.29) is 6.10 Å². The van der Waals surface area contributed by atoms with Gasteiger partial charge in [-0.15, -0.1) is 0 Å². The minimum atomic E-state index is -0.492. The smallest absolute Gasteiger partial charge is 0.122 e. The van der Waals surface area contributed by atoms with Crippen molar-refractivity contribution in [2.24, 2.45) is 0 Å². The molecule has 0 bridgehead atoms. The van der Waals surface area contributed by atoms with Gasteiger partial charge in [0.05, 0.1) is 12.7 Å². The first-order valence-electron chi connectivity index (χ1n) is 5.90. The van der Waals surface area contributed by atoms with Crippen LogP contribution in [0.5, 0.6) is 5.75 Å². The van der Waals surface area contributed by atoms with Crippen LogP contribution in [0, 0.1) is 0 Å². The summed E-state index contributed by atoms with van der Waals surface area (Å²) >= 11 is 0. The molecule has 0 radical (unpaired) electrons. The molecule has 1 N–H and O–H groups in total. The molecule has 2 aliphatic heterocycles. The second kappa shape index (κ2) is 4.07. The van der Waals surface area contributed by atoms with Crippen LogP contribution >= 0.6 is 0 Å². The predicted molar refractivity (Wildman–Crippen MR) is 59.6 cm³/mol. The molecule has 0 saturated carbocycles. The number of hydrogen-bond donors (Lipinski definition) is 1. The highest BCUT2D eigenvalue weighted by Crippen LogP contribution is 2.32. The molecule has 16 heavy (non-hydrogen) atoms. The summed E-state index contributed by atoms with van der Waals surface area (Å²) in [4.78, 5) is 0. The summed E-state index contributed by atoms with van der Waals surface area (Å²) in [5, 5.41) is 10.2. The second-order valence-corrected chi connectivity index (χ2v) is 4.46. The van der Waals surface area contributed by atoms with Crippen molar-refractivity contribution in [3.63, 3.8) is 0 Å². The van der Waals surface area contributed by atoms with Gasteiger partial charge in [0.1, 0.15) is 11.9 Å². The first kappa shape index (κ1) is 10.1. The third-order valence-corrected chi connectivity index (χ3v) is 3.37. The van der Waals surface area contributed by atoms with E-state index in [1.54, 1.807) is 0 Å².